The van der Waals surface area contributed by atoms with Gasteiger partial charge in [-0.05, 0) is 12.5 Å². The smallest absolute Gasteiger partial charge is 0.0698 e. The summed E-state index contributed by atoms with van der Waals surface area (Å²) in [6.45, 7) is 3.65. The first-order chi connectivity index (χ1) is 7.34. The van der Waals surface area contributed by atoms with Crippen molar-refractivity contribution >= 4 is 5.71 Å². The Morgan fingerprint density at radius 3 is 2.67 bits per heavy atom. The monoisotopic (exact) mass is 207 g/mol. The van der Waals surface area contributed by atoms with Gasteiger partial charge in [0.05, 0.1) is 26.4 Å². The third-order valence-corrected chi connectivity index (χ3v) is 2.01. The van der Waals surface area contributed by atoms with Gasteiger partial charge in [-0.15, -0.1) is 0 Å². The zero-order chi connectivity index (χ0) is 10.9. The van der Waals surface area contributed by atoms with Crippen LogP contribution in [-0.4, -0.2) is 37.2 Å². The molecule has 3 nitrogen and oxygen atoms in total. The lowest BCUT2D eigenvalue weighted by molar-refractivity contribution is 0.0978. The summed E-state index contributed by atoms with van der Waals surface area (Å²) < 4.78 is 5.11. The van der Waals surface area contributed by atoms with Crippen LogP contribution in [0.5, 0.6) is 0 Å². The quantitative estimate of drug-likeness (QED) is 0.567. The Balaban J connectivity index is 2.33. The summed E-state index contributed by atoms with van der Waals surface area (Å²) >= 11 is 0. The fourth-order valence-corrected chi connectivity index (χ4v) is 1.22. The van der Waals surface area contributed by atoms with Gasteiger partial charge in [0.1, 0.15) is 0 Å². The molecule has 15 heavy (non-hydrogen) atoms. The molecule has 0 fully saturated rings. The summed E-state index contributed by atoms with van der Waals surface area (Å²) in [5.74, 6) is 0. The van der Waals surface area contributed by atoms with Crippen molar-refractivity contribution in [2.75, 3.05) is 26.4 Å². The molecule has 0 aliphatic rings. The van der Waals surface area contributed by atoms with Gasteiger partial charge in [-0.1, -0.05) is 30.3 Å². The average Bonchev–Trinajstić information content (AvgIpc) is 2.30. The van der Waals surface area contributed by atoms with E-state index < -0.39 is 0 Å². The van der Waals surface area contributed by atoms with Gasteiger partial charge in [0.15, 0.2) is 0 Å². The predicted octanol–water partition coefficient (Wildman–Crippen LogP) is 1.50. The summed E-state index contributed by atoms with van der Waals surface area (Å²) in [6, 6.07) is 10.1. The second-order valence-corrected chi connectivity index (χ2v) is 3.17. The Kier molecular flexibility index (Phi) is 5.66. The molecule has 1 rings (SSSR count). The van der Waals surface area contributed by atoms with Crippen molar-refractivity contribution in [2.24, 2.45) is 4.99 Å². The van der Waals surface area contributed by atoms with E-state index in [0.29, 0.717) is 19.8 Å². The zero-order valence-electron chi connectivity index (χ0n) is 9.02. The van der Waals surface area contributed by atoms with E-state index in [1.807, 2.05) is 37.3 Å². The lowest BCUT2D eigenvalue weighted by Crippen LogP contribution is -2.05. The SMILES string of the molecule is C/C(=N\CCOCCO)c1ccccc1. The largest absolute Gasteiger partial charge is 0.394 e. The summed E-state index contributed by atoms with van der Waals surface area (Å²) in [7, 11) is 0. The van der Waals surface area contributed by atoms with Gasteiger partial charge < -0.3 is 9.84 Å². The predicted molar refractivity (Wildman–Crippen MR) is 61.4 cm³/mol. The highest BCUT2D eigenvalue weighted by molar-refractivity contribution is 5.98. The third kappa shape index (κ3) is 4.72. The van der Waals surface area contributed by atoms with Crippen LogP contribution < -0.4 is 0 Å². The molecule has 0 amide bonds. The maximum absolute atomic E-state index is 8.49. The molecule has 0 atom stereocenters. The number of nitrogens with zero attached hydrogens (tertiary/aromatic N) is 1. The van der Waals surface area contributed by atoms with Gasteiger partial charge in [0.2, 0.25) is 0 Å². The first kappa shape index (κ1) is 11.9. The van der Waals surface area contributed by atoms with Gasteiger partial charge in [-0.2, -0.15) is 0 Å². The van der Waals surface area contributed by atoms with E-state index >= 15 is 0 Å². The first-order valence-corrected chi connectivity index (χ1v) is 5.09. The topological polar surface area (TPSA) is 41.8 Å². The van der Waals surface area contributed by atoms with Crippen molar-refractivity contribution in [3.05, 3.63) is 35.9 Å². The highest BCUT2D eigenvalue weighted by Crippen LogP contribution is 2.00. The van der Waals surface area contributed by atoms with Crippen LogP contribution in [0.1, 0.15) is 12.5 Å². The minimum atomic E-state index is 0.0708. The summed E-state index contributed by atoms with van der Waals surface area (Å²) in [5.41, 5.74) is 2.16. The molecule has 0 unspecified atom stereocenters. The molecule has 0 saturated carbocycles. The Hall–Kier alpha value is -1.19. The lowest BCUT2D eigenvalue weighted by atomic mass is 10.1. The molecule has 1 aromatic rings. The standard InChI is InChI=1S/C12H17NO2/c1-11(12-5-3-2-4-6-12)13-7-9-15-10-8-14/h2-6,14H,7-10H2,1H3/b13-11+. The molecule has 0 bridgehead atoms. The molecule has 3 heteroatoms. The molecular weight excluding hydrogens is 190 g/mol. The zero-order valence-corrected chi connectivity index (χ0v) is 9.02. The van der Waals surface area contributed by atoms with Crippen LogP contribution in [-0.2, 0) is 4.74 Å². The number of hydrogen-bond donors (Lipinski definition) is 1. The van der Waals surface area contributed by atoms with Crippen molar-refractivity contribution in [3.8, 4) is 0 Å². The van der Waals surface area contributed by atoms with E-state index in [1.54, 1.807) is 0 Å². The van der Waals surface area contributed by atoms with E-state index in [1.165, 1.54) is 0 Å². The van der Waals surface area contributed by atoms with Crippen molar-refractivity contribution in [3.63, 3.8) is 0 Å². The molecule has 0 heterocycles. The second kappa shape index (κ2) is 7.15. The average molecular weight is 207 g/mol. The molecule has 0 aliphatic carbocycles. The van der Waals surface area contributed by atoms with Crippen LogP contribution in [0.3, 0.4) is 0 Å². The number of ether oxygens (including phenoxy) is 1. The van der Waals surface area contributed by atoms with E-state index in [-0.39, 0.29) is 6.61 Å². The second-order valence-electron chi connectivity index (χ2n) is 3.17. The van der Waals surface area contributed by atoms with Crippen LogP contribution in [0.15, 0.2) is 35.3 Å². The molecule has 1 N–H and O–H groups in total. The highest BCUT2D eigenvalue weighted by atomic mass is 16.5. The van der Waals surface area contributed by atoms with Gasteiger partial charge in [0.25, 0.3) is 0 Å². The first-order valence-electron chi connectivity index (χ1n) is 5.09. The van der Waals surface area contributed by atoms with E-state index in [2.05, 4.69) is 4.99 Å². The normalized spacial score (nSPS) is 11.7. The van der Waals surface area contributed by atoms with Crippen molar-refractivity contribution in [1.29, 1.82) is 0 Å². The third-order valence-electron chi connectivity index (χ3n) is 2.01. The molecule has 82 valence electrons. The van der Waals surface area contributed by atoms with Crippen molar-refractivity contribution in [1.82, 2.24) is 0 Å². The van der Waals surface area contributed by atoms with Gasteiger partial charge >= 0.3 is 0 Å². The minimum Gasteiger partial charge on any atom is -0.394 e. The molecule has 0 radical (unpaired) electrons. The van der Waals surface area contributed by atoms with Crippen LogP contribution in [0.25, 0.3) is 0 Å². The summed E-state index contributed by atoms with van der Waals surface area (Å²) in [4.78, 5) is 4.38. The van der Waals surface area contributed by atoms with E-state index in [4.69, 9.17) is 9.84 Å². The van der Waals surface area contributed by atoms with Crippen molar-refractivity contribution in [2.45, 2.75) is 6.92 Å². The highest BCUT2D eigenvalue weighted by Gasteiger charge is 1.94. The lowest BCUT2D eigenvalue weighted by Gasteiger charge is -2.01. The Morgan fingerprint density at radius 1 is 1.27 bits per heavy atom. The van der Waals surface area contributed by atoms with Gasteiger partial charge in [0, 0.05) is 5.71 Å². The number of aliphatic hydroxyl groups is 1. The van der Waals surface area contributed by atoms with Crippen LogP contribution >= 0.6 is 0 Å². The number of aliphatic hydroxyl groups excluding tert-OH is 1. The Morgan fingerprint density at radius 2 is 2.00 bits per heavy atom. The van der Waals surface area contributed by atoms with E-state index in [9.17, 15) is 0 Å². The number of benzene rings is 1. The maximum atomic E-state index is 8.49. The Bertz CT molecular complexity index is 296. The molecule has 0 spiro atoms. The summed E-state index contributed by atoms with van der Waals surface area (Å²) in [6.07, 6.45) is 0. The van der Waals surface area contributed by atoms with Gasteiger partial charge in [-0.25, -0.2) is 0 Å². The fraction of sp³-hybridized carbons (Fsp3) is 0.417. The molecule has 0 aliphatic heterocycles. The Labute approximate surface area is 90.4 Å². The molecule has 1 aromatic carbocycles. The van der Waals surface area contributed by atoms with Crippen LogP contribution in [0.2, 0.25) is 0 Å². The van der Waals surface area contributed by atoms with Crippen molar-refractivity contribution < 1.29 is 9.84 Å². The molecule has 0 saturated heterocycles. The summed E-state index contributed by atoms with van der Waals surface area (Å²) in [5, 5.41) is 8.49. The van der Waals surface area contributed by atoms with Gasteiger partial charge in [-0.3, -0.25) is 4.99 Å². The maximum Gasteiger partial charge on any atom is 0.0698 e. The van der Waals surface area contributed by atoms with Crippen LogP contribution in [0, 0.1) is 0 Å². The van der Waals surface area contributed by atoms with Crippen LogP contribution in [0.4, 0.5) is 0 Å². The number of rotatable bonds is 6. The van der Waals surface area contributed by atoms with E-state index in [0.717, 1.165) is 11.3 Å². The fourth-order valence-electron chi connectivity index (χ4n) is 1.22. The number of hydrogen-bond acceptors (Lipinski definition) is 3. The number of aliphatic imine (C=N–C) groups is 1. The molecular formula is C12H17NO2. The minimum absolute atomic E-state index is 0.0708. The molecule has 0 aromatic heterocycles.